The predicted molar refractivity (Wildman–Crippen MR) is 159 cm³/mol. The lowest BCUT2D eigenvalue weighted by molar-refractivity contribution is 0.436. The smallest absolute Gasteiger partial charge is 0.127 e. The van der Waals surface area contributed by atoms with Crippen molar-refractivity contribution in [2.24, 2.45) is 5.92 Å². The van der Waals surface area contributed by atoms with Gasteiger partial charge >= 0.3 is 0 Å². The molecule has 5 heteroatoms. The maximum absolute atomic E-state index is 11.1. The van der Waals surface area contributed by atoms with Crippen LogP contribution in [0.1, 0.15) is 17.0 Å². The van der Waals surface area contributed by atoms with Gasteiger partial charge in [0, 0.05) is 17.4 Å². The Hall–Kier alpha value is -5.42. The summed E-state index contributed by atoms with van der Waals surface area (Å²) in [7, 11) is 0. The summed E-state index contributed by atoms with van der Waals surface area (Å²) in [5.74, 6) is 2.60. The van der Waals surface area contributed by atoms with Crippen LogP contribution in [0.2, 0.25) is 0 Å². The van der Waals surface area contributed by atoms with Crippen LogP contribution in [0.4, 0.5) is 0 Å². The zero-order chi connectivity index (χ0) is 28.2. The van der Waals surface area contributed by atoms with Gasteiger partial charge in [-0.2, -0.15) is 0 Å². The lowest BCUT2D eigenvalue weighted by atomic mass is 9.80. The highest BCUT2D eigenvalue weighted by Gasteiger charge is 2.28. The topological polar surface area (TPSA) is 79.2 Å². The normalized spacial score (nSPS) is 14.8. The van der Waals surface area contributed by atoms with Gasteiger partial charge in [0.25, 0.3) is 0 Å². The van der Waals surface area contributed by atoms with Gasteiger partial charge in [-0.3, -0.25) is 0 Å². The monoisotopic (exact) mass is 540 g/mol. The molecule has 2 atom stereocenters. The van der Waals surface area contributed by atoms with Gasteiger partial charge in [0.15, 0.2) is 0 Å². The second kappa shape index (κ2) is 11.4. The Kier molecular flexibility index (Phi) is 7.16. The molecule has 2 unspecified atom stereocenters. The van der Waals surface area contributed by atoms with Crippen LogP contribution in [-0.2, 0) is 0 Å². The van der Waals surface area contributed by atoms with E-state index in [-0.39, 0.29) is 29.1 Å². The number of rotatable bonds is 8. The van der Waals surface area contributed by atoms with Crippen LogP contribution in [0.5, 0.6) is 34.5 Å². The van der Waals surface area contributed by atoms with E-state index in [1.54, 1.807) is 60.7 Å². The number of benzene rings is 5. The Morgan fingerprint density at radius 2 is 1.15 bits per heavy atom. The number of allylic oxidation sites excluding steroid dienone is 3. The third-order valence-corrected chi connectivity index (χ3v) is 7.08. The predicted octanol–water partition coefficient (Wildman–Crippen LogP) is 8.54. The number of ether oxygens (including phenoxy) is 2. The van der Waals surface area contributed by atoms with Gasteiger partial charge in [-0.05, 0) is 95.6 Å². The van der Waals surface area contributed by atoms with Gasteiger partial charge in [-0.15, -0.1) is 0 Å². The van der Waals surface area contributed by atoms with Crippen LogP contribution in [-0.4, -0.2) is 15.3 Å². The molecule has 0 aromatic heterocycles. The molecule has 0 spiro atoms. The van der Waals surface area contributed by atoms with E-state index in [2.05, 4.69) is 42.5 Å². The van der Waals surface area contributed by atoms with Crippen LogP contribution in [0.15, 0.2) is 145 Å². The SMILES string of the molecule is Oc1ccc(OC2=CC(C(c3ccc(-c4ccccc4)cc3)c3cc(Oc4ccc(O)cc4)ccc3O)C=C2)cc1. The molecule has 5 aromatic carbocycles. The molecule has 5 nitrogen and oxygen atoms in total. The summed E-state index contributed by atoms with van der Waals surface area (Å²) in [5.41, 5.74) is 3.98. The van der Waals surface area contributed by atoms with E-state index in [0.717, 1.165) is 16.7 Å². The summed E-state index contributed by atoms with van der Waals surface area (Å²) in [6.45, 7) is 0. The van der Waals surface area contributed by atoms with Crippen molar-refractivity contribution in [2.45, 2.75) is 5.92 Å². The van der Waals surface area contributed by atoms with E-state index in [1.807, 2.05) is 36.4 Å². The second-order valence-electron chi connectivity index (χ2n) is 9.88. The van der Waals surface area contributed by atoms with Crippen LogP contribution >= 0.6 is 0 Å². The molecule has 0 amide bonds. The fourth-order valence-corrected chi connectivity index (χ4v) is 5.05. The standard InChI is InChI=1S/C36H28O5/c37-28-11-16-30(17-12-28)40-32-15-10-27(22-32)36(26-8-6-25(7-9-26)24-4-2-1-3-5-24)34-23-33(20-21-35(34)39)41-31-18-13-29(38)14-19-31/h1-23,27,36-39H. The first-order valence-electron chi connectivity index (χ1n) is 13.3. The van der Waals surface area contributed by atoms with E-state index in [1.165, 1.54) is 0 Å². The quantitative estimate of drug-likeness (QED) is 0.184. The van der Waals surface area contributed by atoms with Crippen molar-refractivity contribution in [1.82, 2.24) is 0 Å². The van der Waals surface area contributed by atoms with Crippen molar-refractivity contribution < 1.29 is 24.8 Å². The summed E-state index contributed by atoms with van der Waals surface area (Å²) in [5, 5.41) is 30.3. The first kappa shape index (κ1) is 25.8. The molecule has 3 N–H and O–H groups in total. The molecule has 0 saturated heterocycles. The summed E-state index contributed by atoms with van der Waals surface area (Å²) in [6.07, 6.45) is 6.03. The largest absolute Gasteiger partial charge is 0.508 e. The van der Waals surface area contributed by atoms with Crippen LogP contribution in [0.3, 0.4) is 0 Å². The molecule has 5 aromatic rings. The van der Waals surface area contributed by atoms with E-state index >= 15 is 0 Å². The molecule has 0 bridgehead atoms. The Morgan fingerprint density at radius 1 is 0.561 bits per heavy atom. The van der Waals surface area contributed by atoms with Crippen molar-refractivity contribution in [3.63, 3.8) is 0 Å². The molecule has 41 heavy (non-hydrogen) atoms. The second-order valence-corrected chi connectivity index (χ2v) is 9.88. The van der Waals surface area contributed by atoms with Crippen molar-refractivity contribution in [3.05, 3.63) is 156 Å². The van der Waals surface area contributed by atoms with Gasteiger partial charge in [-0.1, -0.05) is 60.7 Å². The lowest BCUT2D eigenvalue weighted by Crippen LogP contribution is -2.10. The maximum atomic E-state index is 11.1. The lowest BCUT2D eigenvalue weighted by Gasteiger charge is -2.24. The summed E-state index contributed by atoms with van der Waals surface area (Å²) in [4.78, 5) is 0. The number of hydrogen-bond acceptors (Lipinski definition) is 5. The molecule has 0 fully saturated rings. The number of aromatic hydroxyl groups is 3. The molecule has 0 aliphatic heterocycles. The zero-order valence-electron chi connectivity index (χ0n) is 22.1. The zero-order valence-corrected chi connectivity index (χ0v) is 22.1. The Balaban J connectivity index is 1.36. The van der Waals surface area contributed by atoms with Crippen LogP contribution in [0, 0.1) is 5.92 Å². The number of phenols is 3. The van der Waals surface area contributed by atoms with Crippen molar-refractivity contribution in [1.29, 1.82) is 0 Å². The fraction of sp³-hybridized carbons (Fsp3) is 0.0556. The fourth-order valence-electron chi connectivity index (χ4n) is 5.05. The first-order valence-corrected chi connectivity index (χ1v) is 13.3. The van der Waals surface area contributed by atoms with Gasteiger partial charge < -0.3 is 24.8 Å². The molecule has 0 radical (unpaired) electrons. The third-order valence-electron chi connectivity index (χ3n) is 7.08. The van der Waals surface area contributed by atoms with Gasteiger partial charge in [-0.25, -0.2) is 0 Å². The van der Waals surface area contributed by atoms with Crippen molar-refractivity contribution in [3.8, 4) is 45.6 Å². The minimum atomic E-state index is -0.236. The molecule has 0 heterocycles. The van der Waals surface area contributed by atoms with Gasteiger partial charge in [0.2, 0.25) is 0 Å². The van der Waals surface area contributed by atoms with Crippen molar-refractivity contribution in [2.75, 3.05) is 0 Å². The highest BCUT2D eigenvalue weighted by molar-refractivity contribution is 5.64. The van der Waals surface area contributed by atoms with E-state index in [4.69, 9.17) is 9.47 Å². The minimum absolute atomic E-state index is 0.112. The number of hydrogen-bond donors (Lipinski definition) is 3. The summed E-state index contributed by atoms with van der Waals surface area (Å²) < 4.78 is 12.1. The maximum Gasteiger partial charge on any atom is 0.127 e. The van der Waals surface area contributed by atoms with Crippen molar-refractivity contribution >= 4 is 0 Å². The average molecular weight is 541 g/mol. The highest BCUT2D eigenvalue weighted by Crippen LogP contribution is 2.43. The molecule has 1 aliphatic carbocycles. The minimum Gasteiger partial charge on any atom is -0.508 e. The van der Waals surface area contributed by atoms with Crippen LogP contribution in [0.25, 0.3) is 11.1 Å². The summed E-state index contributed by atoms with van der Waals surface area (Å²) >= 11 is 0. The molecular formula is C36H28O5. The van der Waals surface area contributed by atoms with Gasteiger partial charge in [0.05, 0.1) is 0 Å². The summed E-state index contributed by atoms with van der Waals surface area (Å²) in [6, 6.07) is 36.9. The van der Waals surface area contributed by atoms with E-state index < -0.39 is 0 Å². The third kappa shape index (κ3) is 5.94. The van der Waals surface area contributed by atoms with Gasteiger partial charge in [0.1, 0.15) is 40.3 Å². The highest BCUT2D eigenvalue weighted by atomic mass is 16.5. The Morgan fingerprint density at radius 3 is 1.80 bits per heavy atom. The average Bonchev–Trinajstić information content (AvgIpc) is 3.46. The Bertz CT molecular complexity index is 1690. The Labute approximate surface area is 238 Å². The molecule has 0 saturated carbocycles. The molecule has 1 aliphatic rings. The molecule has 6 rings (SSSR count). The molecular weight excluding hydrogens is 512 g/mol. The number of phenolic OH excluding ortho intramolecular Hbond substituents is 3. The van der Waals surface area contributed by atoms with E-state index in [0.29, 0.717) is 28.6 Å². The van der Waals surface area contributed by atoms with E-state index in [9.17, 15) is 15.3 Å². The first-order chi connectivity index (χ1) is 20.0. The van der Waals surface area contributed by atoms with Crippen LogP contribution < -0.4 is 9.47 Å². The molecule has 202 valence electrons.